The summed E-state index contributed by atoms with van der Waals surface area (Å²) in [6.45, 7) is 5.26. The average Bonchev–Trinajstić information content (AvgIpc) is 3.46. The number of esters is 1. The van der Waals surface area contributed by atoms with Gasteiger partial charge in [-0.25, -0.2) is 19.2 Å². The fraction of sp³-hybridized carbons (Fsp3) is 0.423. The van der Waals surface area contributed by atoms with Gasteiger partial charge in [0.2, 0.25) is 11.8 Å². The van der Waals surface area contributed by atoms with Crippen molar-refractivity contribution < 1.29 is 23.3 Å². The van der Waals surface area contributed by atoms with Crippen molar-refractivity contribution in [2.24, 2.45) is 4.36 Å². The molecule has 2 saturated heterocycles. The van der Waals surface area contributed by atoms with E-state index in [9.17, 15) is 13.8 Å². The van der Waals surface area contributed by atoms with Gasteiger partial charge in [-0.3, -0.25) is 9.59 Å². The molecule has 0 unspecified atom stereocenters. The molecule has 5 rings (SSSR count). The number of hydrogen-bond donors (Lipinski definition) is 1. The van der Waals surface area contributed by atoms with Gasteiger partial charge in [-0.1, -0.05) is 0 Å². The molecule has 38 heavy (non-hydrogen) atoms. The lowest BCUT2D eigenvalue weighted by molar-refractivity contribution is -0.149. The fourth-order valence-corrected chi connectivity index (χ4v) is 7.04. The highest BCUT2D eigenvalue weighted by Crippen LogP contribution is 2.34. The van der Waals surface area contributed by atoms with Crippen LogP contribution in [0.2, 0.25) is 0 Å². The van der Waals surface area contributed by atoms with E-state index in [-0.39, 0.29) is 24.9 Å². The van der Waals surface area contributed by atoms with E-state index in [4.69, 9.17) is 9.47 Å². The number of carbonyl (C=O) groups excluding carboxylic acids is 2. The Hall–Kier alpha value is -3.80. The molecule has 0 bridgehead atoms. The number of nitrogens with zero attached hydrogens (tertiary/aromatic N) is 5. The van der Waals surface area contributed by atoms with Crippen molar-refractivity contribution in [3.8, 4) is 5.88 Å². The number of pyridine rings is 1. The highest BCUT2D eigenvalue weighted by molar-refractivity contribution is 7.93. The molecular formula is C26H30N6O5S. The van der Waals surface area contributed by atoms with Crippen LogP contribution >= 0.6 is 0 Å². The van der Waals surface area contributed by atoms with E-state index in [2.05, 4.69) is 24.6 Å². The second-order valence-electron chi connectivity index (χ2n) is 9.57. The summed E-state index contributed by atoms with van der Waals surface area (Å²) in [5.41, 5.74) is 2.78. The van der Waals surface area contributed by atoms with Crippen LogP contribution in [0.25, 0.3) is 10.9 Å². The van der Waals surface area contributed by atoms with E-state index in [1.807, 2.05) is 19.1 Å². The number of rotatable bonds is 6. The van der Waals surface area contributed by atoms with Crippen molar-refractivity contribution in [2.45, 2.75) is 45.8 Å². The van der Waals surface area contributed by atoms with Gasteiger partial charge in [0.15, 0.2) is 12.2 Å². The molecule has 1 amide bonds. The predicted octanol–water partition coefficient (Wildman–Crippen LogP) is 3.51. The van der Waals surface area contributed by atoms with Crippen LogP contribution in [0.5, 0.6) is 5.88 Å². The summed E-state index contributed by atoms with van der Waals surface area (Å²) in [6.07, 6.45) is 3.75. The molecule has 2 fully saturated rings. The number of fused-ring (bicyclic) bond motifs is 1. The van der Waals surface area contributed by atoms with Crippen LogP contribution in [0.4, 0.5) is 17.2 Å². The number of aryl methyl sites for hydroxylation is 1. The van der Waals surface area contributed by atoms with E-state index >= 15 is 0 Å². The first-order valence-electron chi connectivity index (χ1n) is 12.5. The fourth-order valence-electron chi connectivity index (χ4n) is 4.85. The van der Waals surface area contributed by atoms with Gasteiger partial charge in [0, 0.05) is 36.9 Å². The zero-order valence-corrected chi connectivity index (χ0v) is 22.4. The number of ether oxygens (including phenoxy) is 2. The largest absolute Gasteiger partial charge is 0.467 e. The molecule has 11 nitrogen and oxygen atoms in total. The molecule has 1 aromatic carbocycles. The zero-order chi connectivity index (χ0) is 26.9. The van der Waals surface area contributed by atoms with Crippen molar-refractivity contribution >= 4 is 49.7 Å². The molecule has 2 atom stereocenters. The second kappa shape index (κ2) is 10.5. The van der Waals surface area contributed by atoms with Gasteiger partial charge >= 0.3 is 5.97 Å². The Morgan fingerprint density at radius 3 is 2.61 bits per heavy atom. The van der Waals surface area contributed by atoms with Crippen molar-refractivity contribution in [1.29, 1.82) is 0 Å². The Kier molecular flexibility index (Phi) is 7.15. The number of benzene rings is 1. The first-order valence-corrected chi connectivity index (χ1v) is 14.4. The van der Waals surface area contributed by atoms with Gasteiger partial charge in [0.1, 0.15) is 17.8 Å². The number of hydrogen-bond acceptors (Lipinski definition) is 10. The number of anilines is 2. The van der Waals surface area contributed by atoms with Crippen LogP contribution in [-0.2, 0) is 24.1 Å². The Morgan fingerprint density at radius 2 is 1.87 bits per heavy atom. The van der Waals surface area contributed by atoms with Crippen LogP contribution < -0.4 is 10.1 Å². The minimum atomic E-state index is -2.20. The Bertz CT molecular complexity index is 1510. The summed E-state index contributed by atoms with van der Waals surface area (Å²) in [5.74, 6) is 1.53. The van der Waals surface area contributed by atoms with Crippen molar-refractivity contribution in [1.82, 2.24) is 19.9 Å². The van der Waals surface area contributed by atoms with Crippen LogP contribution in [0.1, 0.15) is 32.3 Å². The van der Waals surface area contributed by atoms with E-state index in [1.54, 1.807) is 23.2 Å². The molecule has 12 heteroatoms. The molecule has 1 N–H and O–H groups in total. The van der Waals surface area contributed by atoms with Gasteiger partial charge in [-0.05, 0) is 49.6 Å². The van der Waals surface area contributed by atoms with Gasteiger partial charge in [-0.15, -0.1) is 0 Å². The predicted molar refractivity (Wildman–Crippen MR) is 143 cm³/mol. The SMILES string of the molecule is CC(=O)O[C@H]1CN(C(C)=O)C[C@@H]1Oc1ncccc1Nc1ncnc2cc(N=S3(=O)CCCC3)cc(C)c12. The van der Waals surface area contributed by atoms with Crippen LogP contribution in [0, 0.1) is 6.92 Å². The molecule has 2 aliphatic rings. The molecule has 0 radical (unpaired) electrons. The van der Waals surface area contributed by atoms with E-state index in [0.29, 0.717) is 34.2 Å². The first-order chi connectivity index (χ1) is 18.2. The lowest BCUT2D eigenvalue weighted by Crippen LogP contribution is -2.34. The van der Waals surface area contributed by atoms with Gasteiger partial charge < -0.3 is 19.7 Å². The summed E-state index contributed by atoms with van der Waals surface area (Å²) in [4.78, 5) is 38.4. The summed E-state index contributed by atoms with van der Waals surface area (Å²) in [6, 6.07) is 7.31. The monoisotopic (exact) mass is 538 g/mol. The highest BCUT2D eigenvalue weighted by Gasteiger charge is 2.38. The summed E-state index contributed by atoms with van der Waals surface area (Å²) < 4.78 is 29.1. The number of nitrogens with one attached hydrogen (secondary N) is 1. The maximum absolute atomic E-state index is 12.9. The van der Waals surface area contributed by atoms with Crippen LogP contribution in [0.15, 0.2) is 41.2 Å². The molecule has 0 saturated carbocycles. The maximum Gasteiger partial charge on any atom is 0.303 e. The van der Waals surface area contributed by atoms with Gasteiger partial charge in [-0.2, -0.15) is 4.36 Å². The van der Waals surface area contributed by atoms with Crippen molar-refractivity contribution in [3.63, 3.8) is 0 Å². The van der Waals surface area contributed by atoms with Crippen molar-refractivity contribution in [2.75, 3.05) is 29.9 Å². The Morgan fingerprint density at radius 1 is 1.11 bits per heavy atom. The highest BCUT2D eigenvalue weighted by atomic mass is 32.2. The smallest absolute Gasteiger partial charge is 0.303 e. The van der Waals surface area contributed by atoms with Crippen LogP contribution in [0.3, 0.4) is 0 Å². The van der Waals surface area contributed by atoms with E-state index in [0.717, 1.165) is 23.8 Å². The third-order valence-electron chi connectivity index (χ3n) is 6.63. The lowest BCUT2D eigenvalue weighted by atomic mass is 10.1. The third-order valence-corrected chi connectivity index (χ3v) is 9.03. The summed E-state index contributed by atoms with van der Waals surface area (Å²) in [7, 11) is -2.20. The molecule has 2 aliphatic heterocycles. The molecular weight excluding hydrogens is 508 g/mol. The average molecular weight is 539 g/mol. The molecule has 4 heterocycles. The Labute approximate surface area is 221 Å². The lowest BCUT2D eigenvalue weighted by Gasteiger charge is -2.21. The summed E-state index contributed by atoms with van der Waals surface area (Å²) >= 11 is 0. The summed E-state index contributed by atoms with van der Waals surface area (Å²) in [5, 5.41) is 4.10. The number of aromatic nitrogens is 3. The zero-order valence-electron chi connectivity index (χ0n) is 21.5. The quantitative estimate of drug-likeness (QED) is 0.468. The topological polar surface area (TPSA) is 136 Å². The van der Waals surface area contributed by atoms with E-state index < -0.39 is 27.9 Å². The number of amides is 1. The molecule has 0 spiro atoms. The van der Waals surface area contributed by atoms with E-state index in [1.165, 1.54) is 20.2 Å². The second-order valence-corrected chi connectivity index (χ2v) is 12.1. The molecule has 2 aromatic heterocycles. The molecule has 3 aromatic rings. The van der Waals surface area contributed by atoms with Gasteiger partial charge in [0.25, 0.3) is 0 Å². The number of carbonyl (C=O) groups is 2. The van der Waals surface area contributed by atoms with Gasteiger partial charge in [0.05, 0.1) is 34.0 Å². The standard InChI is InChI=1S/C26H30N6O5S/c1-16-11-19(31-38(35)9-4-5-10-38)12-21-24(16)25(29-15-28-21)30-20-7-6-8-27-26(20)37-23-14-32(17(2)33)13-22(23)36-18(3)34/h6-8,11-12,15,22-23H,4-5,9-10,13-14H2,1-3H3,(H,28,29,30)/t22-,23-/m0/s1. The normalized spacial score (nSPS) is 20.3. The molecule has 0 aliphatic carbocycles. The minimum absolute atomic E-state index is 0.126. The Balaban J connectivity index is 1.44. The number of likely N-dealkylation sites (tertiary alicyclic amines) is 1. The van der Waals surface area contributed by atoms with Crippen LogP contribution in [-0.4, -0.2) is 72.7 Å². The molecule has 200 valence electrons. The maximum atomic E-state index is 12.9. The minimum Gasteiger partial charge on any atom is -0.467 e. The first kappa shape index (κ1) is 25.8. The third kappa shape index (κ3) is 5.54. The van der Waals surface area contributed by atoms with Crippen molar-refractivity contribution in [3.05, 3.63) is 42.4 Å².